The van der Waals surface area contributed by atoms with Crippen molar-refractivity contribution < 1.29 is 44.7 Å². The minimum Gasteiger partial charge on any atom is -0.462 e. The molecule has 1 rings (SSSR count). The Morgan fingerprint density at radius 3 is 2.00 bits per heavy atom. The van der Waals surface area contributed by atoms with Gasteiger partial charge in [0, 0.05) is 0 Å². The van der Waals surface area contributed by atoms with Gasteiger partial charge in [0.05, 0.1) is 17.7 Å². The van der Waals surface area contributed by atoms with Gasteiger partial charge >= 0.3 is 24.2 Å². The van der Waals surface area contributed by atoms with Gasteiger partial charge in [-0.25, -0.2) is 4.79 Å². The summed E-state index contributed by atoms with van der Waals surface area (Å²) >= 11 is 0. The van der Waals surface area contributed by atoms with Gasteiger partial charge in [-0.2, -0.15) is 35.1 Å². The Balaban J connectivity index is 0.00000576. The molecule has 3 nitrogen and oxygen atoms in total. The lowest BCUT2D eigenvalue weighted by atomic mass is 9.93. The second-order valence-electron chi connectivity index (χ2n) is 4.62. The molecule has 0 saturated heterocycles. The summed E-state index contributed by atoms with van der Waals surface area (Å²) in [5.41, 5.74) is 0.0260. The van der Waals surface area contributed by atoms with Crippen molar-refractivity contribution in [3.63, 3.8) is 0 Å². The first-order chi connectivity index (χ1) is 10.7. The zero-order valence-corrected chi connectivity index (χ0v) is 13.2. The van der Waals surface area contributed by atoms with Gasteiger partial charge in [-0.15, -0.1) is 12.4 Å². The van der Waals surface area contributed by atoms with Crippen molar-refractivity contribution >= 4 is 18.4 Å². The average Bonchev–Trinajstić information content (AvgIpc) is 2.44. The third-order valence-corrected chi connectivity index (χ3v) is 2.96. The highest BCUT2D eigenvalue weighted by atomic mass is 35.5. The number of hydrogen-bond donors (Lipinski definition) is 1. The van der Waals surface area contributed by atoms with Crippen LogP contribution in [0.4, 0.5) is 35.1 Å². The van der Waals surface area contributed by atoms with E-state index in [1.165, 1.54) is 0 Å². The lowest BCUT2D eigenvalue weighted by Gasteiger charge is -2.25. The quantitative estimate of drug-likeness (QED) is 0.603. The van der Waals surface area contributed by atoms with Gasteiger partial charge in [0.25, 0.3) is 0 Å². The van der Waals surface area contributed by atoms with Crippen LogP contribution in [-0.2, 0) is 21.9 Å². The van der Waals surface area contributed by atoms with Gasteiger partial charge < -0.3 is 10.5 Å². The predicted octanol–water partition coefficient (Wildman–Crippen LogP) is 4.34. The molecular formula is C13H12ClF8NO2. The Bertz CT molecular complexity index is 615. The molecule has 2 N–H and O–H groups in total. The van der Waals surface area contributed by atoms with Crippen molar-refractivity contribution in [1.82, 2.24) is 0 Å². The van der Waals surface area contributed by atoms with Crippen LogP contribution < -0.4 is 5.73 Å². The van der Waals surface area contributed by atoms with Crippen LogP contribution in [0, 0.1) is 0 Å². The number of benzene rings is 1. The van der Waals surface area contributed by atoms with Crippen molar-refractivity contribution in [3.05, 3.63) is 34.9 Å². The molecule has 0 spiro atoms. The maximum atomic E-state index is 13.8. The molecule has 0 bridgehead atoms. The molecule has 1 aromatic carbocycles. The highest BCUT2D eigenvalue weighted by Crippen LogP contribution is 2.41. The molecule has 0 aliphatic carbocycles. The number of halogens is 9. The summed E-state index contributed by atoms with van der Waals surface area (Å²) in [6.07, 6.45) is -10.3. The van der Waals surface area contributed by atoms with Crippen LogP contribution in [0.5, 0.6) is 0 Å². The molecule has 0 unspecified atom stereocenters. The van der Waals surface area contributed by atoms with Crippen LogP contribution in [0.1, 0.15) is 29.7 Å². The standard InChI is InChI=1S/C13H11F8NO2.ClH/c1-2-24-10(23)11(14,15)9(22)7-5-6(12(16,17)18)3-4-8(7)13(19,20)21;/h3-5,9H,2,22H2,1H3;1H/t9-;/m0./s1. The molecule has 25 heavy (non-hydrogen) atoms. The second-order valence-corrected chi connectivity index (χ2v) is 4.62. The largest absolute Gasteiger partial charge is 0.462 e. The Hall–Kier alpha value is -1.62. The zero-order valence-electron chi connectivity index (χ0n) is 12.3. The van der Waals surface area contributed by atoms with Gasteiger partial charge in [-0.3, -0.25) is 0 Å². The normalized spacial score (nSPS) is 13.8. The topological polar surface area (TPSA) is 52.3 Å². The first kappa shape index (κ1) is 23.4. The summed E-state index contributed by atoms with van der Waals surface area (Å²) in [7, 11) is 0. The third-order valence-electron chi connectivity index (χ3n) is 2.96. The Labute approximate surface area is 142 Å². The van der Waals surface area contributed by atoms with E-state index in [4.69, 9.17) is 5.73 Å². The first-order valence-electron chi connectivity index (χ1n) is 6.31. The predicted molar refractivity (Wildman–Crippen MR) is 72.2 cm³/mol. The maximum Gasteiger partial charge on any atom is 0.416 e. The van der Waals surface area contributed by atoms with Crippen molar-refractivity contribution in [3.8, 4) is 0 Å². The summed E-state index contributed by atoms with van der Waals surface area (Å²) in [6.45, 7) is 0.640. The lowest BCUT2D eigenvalue weighted by Crippen LogP contribution is -2.42. The van der Waals surface area contributed by atoms with Gasteiger partial charge in [0.1, 0.15) is 6.04 Å². The van der Waals surface area contributed by atoms with E-state index < -0.39 is 53.6 Å². The van der Waals surface area contributed by atoms with Gasteiger partial charge in [0.2, 0.25) is 0 Å². The van der Waals surface area contributed by atoms with Crippen LogP contribution in [-0.4, -0.2) is 18.5 Å². The Kier molecular flexibility index (Phi) is 7.23. The number of hydrogen-bond acceptors (Lipinski definition) is 3. The SMILES string of the molecule is CCOC(=O)C(F)(F)[C@@H](N)c1cc(C(F)(F)F)ccc1C(F)(F)F.Cl. The average molecular weight is 402 g/mol. The van der Waals surface area contributed by atoms with Crippen LogP contribution >= 0.6 is 12.4 Å². The van der Waals surface area contributed by atoms with E-state index >= 15 is 0 Å². The van der Waals surface area contributed by atoms with Crippen LogP contribution in [0.2, 0.25) is 0 Å². The van der Waals surface area contributed by atoms with E-state index in [-0.39, 0.29) is 30.6 Å². The number of carbonyl (C=O) groups is 1. The molecule has 1 aromatic rings. The molecule has 0 radical (unpaired) electrons. The van der Waals surface area contributed by atoms with Gasteiger partial charge in [-0.1, -0.05) is 0 Å². The van der Waals surface area contributed by atoms with Crippen LogP contribution in [0.3, 0.4) is 0 Å². The fourth-order valence-corrected chi connectivity index (χ4v) is 1.80. The molecule has 0 heterocycles. The fraction of sp³-hybridized carbons (Fsp3) is 0.462. The monoisotopic (exact) mass is 401 g/mol. The van der Waals surface area contributed by atoms with Gasteiger partial charge in [-0.05, 0) is 30.7 Å². The summed E-state index contributed by atoms with van der Waals surface area (Å²) < 4.78 is 108. The number of rotatable bonds is 4. The maximum absolute atomic E-state index is 13.8. The number of carbonyl (C=O) groups excluding carboxylic acids is 1. The minimum absolute atomic E-state index is 0. The van der Waals surface area contributed by atoms with Crippen LogP contribution in [0.25, 0.3) is 0 Å². The van der Waals surface area contributed by atoms with Crippen molar-refractivity contribution in [1.29, 1.82) is 0 Å². The van der Waals surface area contributed by atoms with E-state index in [0.29, 0.717) is 0 Å². The first-order valence-corrected chi connectivity index (χ1v) is 6.31. The Morgan fingerprint density at radius 1 is 1.08 bits per heavy atom. The van der Waals surface area contributed by atoms with E-state index in [2.05, 4.69) is 4.74 Å². The number of ether oxygens (including phenoxy) is 1. The molecule has 12 heteroatoms. The lowest BCUT2D eigenvalue weighted by molar-refractivity contribution is -0.175. The molecule has 0 aromatic heterocycles. The number of alkyl halides is 8. The molecular weight excluding hydrogens is 390 g/mol. The molecule has 1 atom stereocenters. The Morgan fingerprint density at radius 2 is 1.60 bits per heavy atom. The molecule has 0 aliphatic heterocycles. The number of nitrogens with two attached hydrogens (primary N) is 1. The summed E-state index contributed by atoms with van der Waals surface area (Å²) in [4.78, 5) is 11.2. The van der Waals surface area contributed by atoms with E-state index in [0.717, 1.165) is 6.92 Å². The third kappa shape index (κ3) is 5.18. The zero-order chi connectivity index (χ0) is 18.9. The molecule has 0 amide bonds. The molecule has 144 valence electrons. The van der Waals surface area contributed by atoms with Crippen LogP contribution in [0.15, 0.2) is 18.2 Å². The van der Waals surface area contributed by atoms with Crippen molar-refractivity contribution in [2.45, 2.75) is 31.2 Å². The van der Waals surface area contributed by atoms with Crippen molar-refractivity contribution in [2.75, 3.05) is 6.61 Å². The molecule has 0 fully saturated rings. The highest BCUT2D eigenvalue weighted by Gasteiger charge is 2.51. The van der Waals surface area contributed by atoms with E-state index in [1.807, 2.05) is 0 Å². The summed E-state index contributed by atoms with van der Waals surface area (Å²) in [5, 5.41) is 0. The smallest absolute Gasteiger partial charge is 0.416 e. The number of esters is 1. The van der Waals surface area contributed by atoms with Crippen molar-refractivity contribution in [2.24, 2.45) is 5.73 Å². The summed E-state index contributed by atoms with van der Waals surface area (Å²) in [6, 6.07) is -3.06. The molecule has 0 saturated carbocycles. The molecule has 0 aliphatic rings. The van der Waals surface area contributed by atoms with E-state index in [1.54, 1.807) is 0 Å². The highest BCUT2D eigenvalue weighted by molar-refractivity contribution is 5.85. The summed E-state index contributed by atoms with van der Waals surface area (Å²) in [5.74, 6) is -6.89. The van der Waals surface area contributed by atoms with Gasteiger partial charge in [0.15, 0.2) is 0 Å². The van der Waals surface area contributed by atoms with E-state index in [9.17, 15) is 39.9 Å². The fourth-order valence-electron chi connectivity index (χ4n) is 1.80. The second kappa shape index (κ2) is 7.73. The minimum atomic E-state index is -5.25.